The van der Waals surface area contributed by atoms with Crippen LogP contribution in [-0.2, 0) is 4.74 Å². The Kier molecular flexibility index (Phi) is 6.47. The lowest BCUT2D eigenvalue weighted by atomic mass is 10.1. The molecule has 0 spiro atoms. The number of ether oxygens (including phenoxy) is 1. The van der Waals surface area contributed by atoms with Gasteiger partial charge in [-0.1, -0.05) is 6.07 Å². The van der Waals surface area contributed by atoms with Crippen molar-refractivity contribution in [3.05, 3.63) is 53.7 Å². The van der Waals surface area contributed by atoms with Crippen molar-refractivity contribution in [1.29, 1.82) is 0 Å². The first-order valence-electron chi connectivity index (χ1n) is 9.36. The van der Waals surface area contributed by atoms with E-state index in [1.54, 1.807) is 18.1 Å². The molecule has 3 rings (SSSR count). The highest BCUT2D eigenvalue weighted by Crippen LogP contribution is 2.24. The predicted octanol–water partition coefficient (Wildman–Crippen LogP) is 2.76. The highest BCUT2D eigenvalue weighted by atomic mass is 16.5. The third kappa shape index (κ3) is 4.87. The molecule has 7 heteroatoms. The molecule has 1 N–H and O–H groups in total. The molecule has 2 unspecified atom stereocenters. The summed E-state index contributed by atoms with van der Waals surface area (Å²) >= 11 is 0. The summed E-state index contributed by atoms with van der Waals surface area (Å²) in [4.78, 5) is 21.0. The molecular formula is C20H28N4O3. The van der Waals surface area contributed by atoms with Gasteiger partial charge in [-0.05, 0) is 38.1 Å². The number of aryl methyl sites for hydroxylation is 1. The molecule has 2 atom stereocenters. The van der Waals surface area contributed by atoms with Crippen LogP contribution in [0.4, 0.5) is 4.79 Å². The van der Waals surface area contributed by atoms with Gasteiger partial charge >= 0.3 is 6.03 Å². The molecule has 0 bridgehead atoms. The molecule has 0 saturated carbocycles. The van der Waals surface area contributed by atoms with Gasteiger partial charge in [0, 0.05) is 32.9 Å². The van der Waals surface area contributed by atoms with E-state index in [2.05, 4.69) is 15.2 Å². The van der Waals surface area contributed by atoms with Gasteiger partial charge in [-0.25, -0.2) is 4.79 Å². The number of pyridine rings is 1. The van der Waals surface area contributed by atoms with Gasteiger partial charge in [-0.3, -0.25) is 9.88 Å². The zero-order valence-corrected chi connectivity index (χ0v) is 16.2. The summed E-state index contributed by atoms with van der Waals surface area (Å²) in [7, 11) is 1.79. The number of aromatic nitrogens is 1. The zero-order chi connectivity index (χ0) is 19.2. The molecule has 2 aromatic heterocycles. The van der Waals surface area contributed by atoms with Crippen LogP contribution in [-0.4, -0.2) is 60.7 Å². The number of rotatable bonds is 6. The molecule has 0 aromatic carbocycles. The first kappa shape index (κ1) is 19.4. The lowest BCUT2D eigenvalue weighted by Gasteiger charge is -2.34. The van der Waals surface area contributed by atoms with Crippen LogP contribution in [0, 0.1) is 6.92 Å². The first-order valence-corrected chi connectivity index (χ1v) is 9.36. The average molecular weight is 372 g/mol. The standard InChI is InChI=1S/C20H28N4O3/c1-15-7-8-19(27-15)18(24-10-12-26-13-11-24)14-22-20(25)23(3)16(2)17-6-4-5-9-21-17/h4-9,16,18H,10-14H2,1-3H3,(H,22,25). The van der Waals surface area contributed by atoms with Gasteiger partial charge in [-0.2, -0.15) is 0 Å². The number of urea groups is 1. The minimum absolute atomic E-state index is 0.00916. The molecule has 1 fully saturated rings. The molecule has 146 valence electrons. The summed E-state index contributed by atoms with van der Waals surface area (Å²) < 4.78 is 11.3. The second-order valence-electron chi connectivity index (χ2n) is 6.84. The van der Waals surface area contributed by atoms with Gasteiger partial charge in [0.2, 0.25) is 0 Å². The van der Waals surface area contributed by atoms with Crippen molar-refractivity contribution in [1.82, 2.24) is 20.1 Å². The average Bonchev–Trinajstić information content (AvgIpc) is 3.14. The van der Waals surface area contributed by atoms with Gasteiger partial charge in [0.05, 0.1) is 31.0 Å². The minimum atomic E-state index is -0.130. The molecule has 1 aliphatic rings. The van der Waals surface area contributed by atoms with Crippen LogP contribution in [0.15, 0.2) is 40.9 Å². The van der Waals surface area contributed by atoms with E-state index in [9.17, 15) is 4.79 Å². The van der Waals surface area contributed by atoms with Crippen molar-refractivity contribution in [2.24, 2.45) is 0 Å². The van der Waals surface area contributed by atoms with E-state index in [0.29, 0.717) is 19.8 Å². The molecule has 1 aliphatic heterocycles. The lowest BCUT2D eigenvalue weighted by molar-refractivity contribution is 0.0119. The summed E-state index contributed by atoms with van der Waals surface area (Å²) in [6, 6.07) is 9.42. The molecule has 1 saturated heterocycles. The van der Waals surface area contributed by atoms with Crippen LogP contribution in [0.25, 0.3) is 0 Å². The maximum atomic E-state index is 12.7. The van der Waals surface area contributed by atoms with Crippen LogP contribution >= 0.6 is 0 Å². The highest BCUT2D eigenvalue weighted by Gasteiger charge is 2.27. The molecule has 2 amide bonds. The van der Waals surface area contributed by atoms with E-state index in [1.165, 1.54) is 0 Å². The Morgan fingerprint density at radius 1 is 1.30 bits per heavy atom. The van der Waals surface area contributed by atoms with Gasteiger partial charge < -0.3 is 19.4 Å². The second kappa shape index (κ2) is 9.01. The second-order valence-corrected chi connectivity index (χ2v) is 6.84. The maximum Gasteiger partial charge on any atom is 0.317 e. The normalized spacial score (nSPS) is 17.3. The van der Waals surface area contributed by atoms with Gasteiger partial charge in [0.1, 0.15) is 11.5 Å². The van der Waals surface area contributed by atoms with Crippen molar-refractivity contribution in [2.75, 3.05) is 39.9 Å². The van der Waals surface area contributed by atoms with Crippen LogP contribution in [0.5, 0.6) is 0 Å². The van der Waals surface area contributed by atoms with Crippen molar-refractivity contribution >= 4 is 6.03 Å². The Labute approximate surface area is 160 Å². The van der Waals surface area contributed by atoms with E-state index in [1.807, 2.05) is 44.2 Å². The molecule has 0 aliphatic carbocycles. The summed E-state index contributed by atoms with van der Waals surface area (Å²) in [6.07, 6.45) is 1.74. The smallest absolute Gasteiger partial charge is 0.317 e. The third-order valence-electron chi connectivity index (χ3n) is 5.04. The van der Waals surface area contributed by atoms with Crippen LogP contribution in [0.3, 0.4) is 0 Å². The van der Waals surface area contributed by atoms with Crippen molar-refractivity contribution in [3.8, 4) is 0 Å². The Hall–Kier alpha value is -2.38. The molecule has 0 radical (unpaired) electrons. The molecule has 27 heavy (non-hydrogen) atoms. The van der Waals surface area contributed by atoms with Crippen molar-refractivity contribution in [2.45, 2.75) is 25.9 Å². The summed E-state index contributed by atoms with van der Waals surface area (Å²) in [5.74, 6) is 1.74. The number of morpholine rings is 1. The summed E-state index contributed by atoms with van der Waals surface area (Å²) in [6.45, 7) is 7.41. The molecule has 3 heterocycles. The number of carbonyl (C=O) groups excluding carboxylic acids is 1. The number of carbonyl (C=O) groups is 1. The quantitative estimate of drug-likeness (QED) is 0.844. The van der Waals surface area contributed by atoms with Crippen molar-refractivity contribution in [3.63, 3.8) is 0 Å². The Bertz CT molecular complexity index is 728. The van der Waals surface area contributed by atoms with Crippen molar-refractivity contribution < 1.29 is 13.9 Å². The van der Waals surface area contributed by atoms with Crippen LogP contribution in [0.1, 0.15) is 36.2 Å². The van der Waals surface area contributed by atoms with Gasteiger partial charge in [0.15, 0.2) is 0 Å². The van der Waals surface area contributed by atoms with E-state index in [0.717, 1.165) is 30.3 Å². The SMILES string of the molecule is Cc1ccc(C(CNC(=O)N(C)C(C)c2ccccn2)N2CCOCC2)o1. The fraction of sp³-hybridized carbons (Fsp3) is 0.500. The topological polar surface area (TPSA) is 70.8 Å². The van der Waals surface area contributed by atoms with E-state index in [-0.39, 0.29) is 18.1 Å². The number of hydrogen-bond acceptors (Lipinski definition) is 5. The molecule has 2 aromatic rings. The van der Waals surface area contributed by atoms with Crippen LogP contribution < -0.4 is 5.32 Å². The highest BCUT2D eigenvalue weighted by molar-refractivity contribution is 5.74. The number of furan rings is 1. The largest absolute Gasteiger partial charge is 0.465 e. The fourth-order valence-electron chi connectivity index (χ4n) is 3.24. The van der Waals surface area contributed by atoms with E-state index in [4.69, 9.17) is 9.15 Å². The number of hydrogen-bond donors (Lipinski definition) is 1. The fourth-order valence-corrected chi connectivity index (χ4v) is 3.24. The zero-order valence-electron chi connectivity index (χ0n) is 16.2. The lowest BCUT2D eigenvalue weighted by Crippen LogP contribution is -2.46. The van der Waals surface area contributed by atoms with E-state index < -0.39 is 0 Å². The Morgan fingerprint density at radius 2 is 2.07 bits per heavy atom. The number of nitrogens with zero attached hydrogens (tertiary/aromatic N) is 3. The van der Waals surface area contributed by atoms with E-state index >= 15 is 0 Å². The van der Waals surface area contributed by atoms with Gasteiger partial charge in [0.25, 0.3) is 0 Å². The molecule has 7 nitrogen and oxygen atoms in total. The Morgan fingerprint density at radius 3 is 2.70 bits per heavy atom. The minimum Gasteiger partial charge on any atom is -0.465 e. The predicted molar refractivity (Wildman–Crippen MR) is 102 cm³/mol. The Balaban J connectivity index is 1.64. The maximum absolute atomic E-state index is 12.7. The number of amides is 2. The van der Waals surface area contributed by atoms with Crippen LogP contribution in [0.2, 0.25) is 0 Å². The number of nitrogens with one attached hydrogen (secondary N) is 1. The van der Waals surface area contributed by atoms with Gasteiger partial charge in [-0.15, -0.1) is 0 Å². The summed E-state index contributed by atoms with van der Waals surface area (Å²) in [5.41, 5.74) is 0.863. The summed E-state index contributed by atoms with van der Waals surface area (Å²) in [5, 5.41) is 3.05. The first-order chi connectivity index (χ1) is 13.1. The third-order valence-corrected chi connectivity index (χ3v) is 5.04. The molecular weight excluding hydrogens is 344 g/mol. The monoisotopic (exact) mass is 372 g/mol.